The van der Waals surface area contributed by atoms with Gasteiger partial charge in [-0.2, -0.15) is 0 Å². The van der Waals surface area contributed by atoms with Crippen molar-refractivity contribution in [1.82, 2.24) is 9.88 Å². The molecule has 1 saturated heterocycles. The molecule has 0 spiro atoms. The number of hydrogen-bond donors (Lipinski definition) is 1. The highest BCUT2D eigenvalue weighted by molar-refractivity contribution is 6.32. The molecule has 108 valence electrons. The number of carbonyl (C=O) groups excluding carboxylic acids is 2. The van der Waals surface area contributed by atoms with E-state index < -0.39 is 0 Å². The monoisotopic (exact) mass is 297 g/mol. The van der Waals surface area contributed by atoms with Crippen LogP contribution >= 0.6 is 11.6 Å². The van der Waals surface area contributed by atoms with Gasteiger partial charge in [0.1, 0.15) is 0 Å². The number of nitrogens with zero attached hydrogens (tertiary/aromatic N) is 2. The molecule has 0 saturated carbocycles. The second kappa shape index (κ2) is 6.67. The number of ether oxygens (including phenoxy) is 1. The summed E-state index contributed by atoms with van der Waals surface area (Å²) in [6, 6.07) is 3.36. The molecule has 20 heavy (non-hydrogen) atoms. The molecule has 1 unspecified atom stereocenters. The summed E-state index contributed by atoms with van der Waals surface area (Å²) >= 11 is 5.88. The number of carbonyl (C=O) groups is 2. The van der Waals surface area contributed by atoms with Crippen LogP contribution < -0.4 is 5.32 Å². The Hall–Kier alpha value is -1.66. The largest absolute Gasteiger partial charge is 0.383 e. The third-order valence-electron chi connectivity index (χ3n) is 3.17. The van der Waals surface area contributed by atoms with Crippen molar-refractivity contribution in [3.63, 3.8) is 0 Å². The van der Waals surface area contributed by atoms with Crippen LogP contribution in [0.1, 0.15) is 6.42 Å². The molecule has 0 bridgehead atoms. The van der Waals surface area contributed by atoms with Gasteiger partial charge in [-0.25, -0.2) is 4.98 Å². The molecule has 2 amide bonds. The number of amides is 2. The molecule has 1 aliphatic rings. The molecule has 2 heterocycles. The number of rotatable bonds is 5. The minimum Gasteiger partial charge on any atom is -0.383 e. The Labute approximate surface area is 122 Å². The molecule has 7 heteroatoms. The van der Waals surface area contributed by atoms with Gasteiger partial charge in [0, 0.05) is 32.8 Å². The van der Waals surface area contributed by atoms with Gasteiger partial charge in [0.25, 0.3) is 0 Å². The van der Waals surface area contributed by atoms with Gasteiger partial charge in [-0.05, 0) is 12.1 Å². The van der Waals surface area contributed by atoms with E-state index in [0.29, 0.717) is 25.4 Å². The minimum atomic E-state index is -0.365. The summed E-state index contributed by atoms with van der Waals surface area (Å²) in [4.78, 5) is 29.4. The van der Waals surface area contributed by atoms with Crippen LogP contribution in [0.2, 0.25) is 5.15 Å². The fourth-order valence-electron chi connectivity index (χ4n) is 2.08. The summed E-state index contributed by atoms with van der Waals surface area (Å²) < 4.78 is 4.94. The van der Waals surface area contributed by atoms with Gasteiger partial charge in [-0.1, -0.05) is 11.6 Å². The maximum Gasteiger partial charge on any atom is 0.229 e. The number of aromatic nitrogens is 1. The lowest BCUT2D eigenvalue weighted by molar-refractivity contribution is -0.128. The van der Waals surface area contributed by atoms with Crippen LogP contribution in [0.5, 0.6) is 0 Å². The molecule has 6 nitrogen and oxygen atoms in total. The molecule has 1 N–H and O–H groups in total. The fourth-order valence-corrected chi connectivity index (χ4v) is 2.25. The van der Waals surface area contributed by atoms with E-state index in [1.165, 1.54) is 0 Å². The first kappa shape index (κ1) is 14.7. The quantitative estimate of drug-likeness (QED) is 0.828. The van der Waals surface area contributed by atoms with Crippen molar-refractivity contribution in [3.05, 3.63) is 23.5 Å². The van der Waals surface area contributed by atoms with E-state index in [1.54, 1.807) is 30.3 Å². The number of hydrogen-bond acceptors (Lipinski definition) is 4. The Balaban J connectivity index is 1.94. The molecule has 0 radical (unpaired) electrons. The van der Waals surface area contributed by atoms with Crippen LogP contribution in [-0.2, 0) is 14.3 Å². The lowest BCUT2D eigenvalue weighted by atomic mass is 10.1. The first-order chi connectivity index (χ1) is 9.61. The number of nitrogens with one attached hydrogen (secondary N) is 1. The lowest BCUT2D eigenvalue weighted by Gasteiger charge is -2.15. The van der Waals surface area contributed by atoms with Gasteiger partial charge in [-0.15, -0.1) is 0 Å². The maximum atomic E-state index is 12.1. The standard InChI is InChI=1S/C13H16ClN3O3/c1-20-6-5-17-8-9(7-11(17)18)13(19)16-10-3-2-4-15-12(10)14/h2-4,9H,5-8H2,1H3,(H,16,19). The number of methoxy groups -OCH3 is 1. The summed E-state index contributed by atoms with van der Waals surface area (Å²) in [7, 11) is 1.58. The number of pyridine rings is 1. The van der Waals surface area contributed by atoms with Crippen molar-refractivity contribution in [3.8, 4) is 0 Å². The summed E-state index contributed by atoms with van der Waals surface area (Å²) in [6.07, 6.45) is 1.76. The van der Waals surface area contributed by atoms with E-state index in [-0.39, 0.29) is 29.3 Å². The highest BCUT2D eigenvalue weighted by atomic mass is 35.5. The molecule has 1 fully saturated rings. The van der Waals surface area contributed by atoms with Gasteiger partial charge in [0.05, 0.1) is 18.2 Å². The summed E-state index contributed by atoms with van der Waals surface area (Å²) in [6.45, 7) is 1.38. The van der Waals surface area contributed by atoms with Gasteiger partial charge in [0.15, 0.2) is 5.15 Å². The van der Waals surface area contributed by atoms with Crippen LogP contribution in [-0.4, -0.2) is 48.5 Å². The number of likely N-dealkylation sites (tertiary alicyclic amines) is 1. The molecular weight excluding hydrogens is 282 g/mol. The highest BCUT2D eigenvalue weighted by Gasteiger charge is 2.34. The Bertz CT molecular complexity index is 509. The molecule has 0 aromatic carbocycles. The van der Waals surface area contributed by atoms with E-state index in [1.807, 2.05) is 0 Å². The third kappa shape index (κ3) is 3.46. The molecular formula is C13H16ClN3O3. The van der Waals surface area contributed by atoms with E-state index in [4.69, 9.17) is 16.3 Å². The van der Waals surface area contributed by atoms with Gasteiger partial charge in [0.2, 0.25) is 11.8 Å². The van der Waals surface area contributed by atoms with Crippen LogP contribution in [0.25, 0.3) is 0 Å². The summed E-state index contributed by atoms with van der Waals surface area (Å²) in [5, 5.41) is 2.94. The highest BCUT2D eigenvalue weighted by Crippen LogP contribution is 2.22. The smallest absolute Gasteiger partial charge is 0.229 e. The first-order valence-electron chi connectivity index (χ1n) is 6.30. The number of anilines is 1. The topological polar surface area (TPSA) is 71.5 Å². The van der Waals surface area contributed by atoms with Crippen molar-refractivity contribution in [1.29, 1.82) is 0 Å². The van der Waals surface area contributed by atoms with Crippen LogP contribution in [0, 0.1) is 5.92 Å². The summed E-state index contributed by atoms with van der Waals surface area (Å²) in [5.74, 6) is -0.608. The van der Waals surface area contributed by atoms with Crippen molar-refractivity contribution in [2.75, 3.05) is 32.1 Å². The van der Waals surface area contributed by atoms with Gasteiger partial charge in [-0.3, -0.25) is 9.59 Å². The van der Waals surface area contributed by atoms with Crippen molar-refractivity contribution < 1.29 is 14.3 Å². The first-order valence-corrected chi connectivity index (χ1v) is 6.67. The minimum absolute atomic E-state index is 0.0283. The second-order valence-corrected chi connectivity index (χ2v) is 4.92. The number of halogens is 1. The molecule has 1 aromatic rings. The predicted octanol–water partition coefficient (Wildman–Crippen LogP) is 1.17. The van der Waals surface area contributed by atoms with Crippen molar-refractivity contribution in [2.24, 2.45) is 5.92 Å². The van der Waals surface area contributed by atoms with Crippen molar-refractivity contribution in [2.45, 2.75) is 6.42 Å². The average Bonchev–Trinajstić information content (AvgIpc) is 2.80. The molecule has 1 aromatic heterocycles. The third-order valence-corrected chi connectivity index (χ3v) is 3.47. The SMILES string of the molecule is COCCN1CC(C(=O)Nc2cccnc2Cl)CC1=O. The van der Waals surface area contributed by atoms with Crippen LogP contribution in [0.4, 0.5) is 5.69 Å². The molecule has 2 rings (SSSR count). The van der Waals surface area contributed by atoms with Gasteiger partial charge >= 0.3 is 0 Å². The maximum absolute atomic E-state index is 12.1. The van der Waals surface area contributed by atoms with E-state index >= 15 is 0 Å². The van der Waals surface area contributed by atoms with E-state index in [9.17, 15) is 9.59 Å². The molecule has 0 aliphatic carbocycles. The predicted molar refractivity (Wildman–Crippen MR) is 74.4 cm³/mol. The second-order valence-electron chi connectivity index (χ2n) is 4.56. The summed E-state index contributed by atoms with van der Waals surface area (Å²) in [5.41, 5.74) is 0.460. The molecule has 1 aliphatic heterocycles. The Morgan fingerprint density at radius 3 is 3.15 bits per heavy atom. The normalized spacial score (nSPS) is 18.4. The average molecular weight is 298 g/mol. The zero-order valence-electron chi connectivity index (χ0n) is 11.1. The van der Waals surface area contributed by atoms with Gasteiger partial charge < -0.3 is 15.0 Å². The fraction of sp³-hybridized carbons (Fsp3) is 0.462. The Morgan fingerprint density at radius 1 is 1.65 bits per heavy atom. The zero-order valence-corrected chi connectivity index (χ0v) is 11.9. The van der Waals surface area contributed by atoms with E-state index in [2.05, 4.69) is 10.3 Å². The van der Waals surface area contributed by atoms with Crippen molar-refractivity contribution >= 4 is 29.1 Å². The van der Waals surface area contributed by atoms with Crippen LogP contribution in [0.3, 0.4) is 0 Å². The zero-order chi connectivity index (χ0) is 14.5. The van der Waals surface area contributed by atoms with E-state index in [0.717, 1.165) is 0 Å². The lowest BCUT2D eigenvalue weighted by Crippen LogP contribution is -2.30. The molecule has 1 atom stereocenters. The Kier molecular flexibility index (Phi) is 4.92. The van der Waals surface area contributed by atoms with Crippen LogP contribution in [0.15, 0.2) is 18.3 Å². The Morgan fingerprint density at radius 2 is 2.45 bits per heavy atom.